The summed E-state index contributed by atoms with van der Waals surface area (Å²) in [6.07, 6.45) is 1.60. The molecular weight excluding hydrogens is 364 g/mol. The van der Waals surface area contributed by atoms with Crippen molar-refractivity contribution >= 4 is 5.91 Å². The maximum absolute atomic E-state index is 11.1. The largest absolute Gasteiger partial charge is 0.382 e. The first kappa shape index (κ1) is 27.2. The van der Waals surface area contributed by atoms with Crippen molar-refractivity contribution in [2.45, 2.75) is 19.8 Å². The van der Waals surface area contributed by atoms with Gasteiger partial charge in [0.2, 0.25) is 5.91 Å². The summed E-state index contributed by atoms with van der Waals surface area (Å²) >= 11 is 0. The van der Waals surface area contributed by atoms with Crippen LogP contribution in [0, 0.1) is 0 Å². The summed E-state index contributed by atoms with van der Waals surface area (Å²) in [6, 6.07) is 0. The Kier molecular flexibility index (Phi) is 20.3. The molecule has 28 heavy (non-hydrogen) atoms. The van der Waals surface area contributed by atoms with Crippen LogP contribution in [0.25, 0.3) is 0 Å². The lowest BCUT2D eigenvalue weighted by Crippen LogP contribution is -2.47. The van der Waals surface area contributed by atoms with E-state index in [2.05, 4.69) is 20.4 Å². The van der Waals surface area contributed by atoms with Gasteiger partial charge in [0.05, 0.1) is 33.2 Å². The summed E-state index contributed by atoms with van der Waals surface area (Å²) in [4.78, 5) is 16.0. The fourth-order valence-electron chi connectivity index (χ4n) is 2.63. The van der Waals surface area contributed by atoms with Crippen molar-refractivity contribution in [2.75, 3.05) is 99.7 Å². The second-order valence-electron chi connectivity index (χ2n) is 6.42. The number of amides is 1. The Bertz CT molecular complexity index is 334. The number of carbonyl (C=O) groups is 1. The molecule has 1 aliphatic heterocycles. The van der Waals surface area contributed by atoms with Gasteiger partial charge in [0, 0.05) is 66.5 Å². The highest BCUT2D eigenvalue weighted by Crippen LogP contribution is 2.03. The van der Waals surface area contributed by atoms with E-state index in [9.17, 15) is 4.79 Å². The third-order valence-corrected chi connectivity index (χ3v) is 4.34. The maximum atomic E-state index is 11.1. The lowest BCUT2D eigenvalue weighted by molar-refractivity contribution is -0.120. The van der Waals surface area contributed by atoms with Gasteiger partial charge < -0.3 is 29.5 Å². The number of aliphatic hydroxyl groups excluding tert-OH is 1. The number of hydrogen-bond acceptors (Lipinski definition) is 8. The van der Waals surface area contributed by atoms with E-state index >= 15 is 0 Å². The fraction of sp³-hybridized carbons (Fsp3) is 0.947. The van der Waals surface area contributed by atoms with Gasteiger partial charge in [-0.2, -0.15) is 0 Å². The Morgan fingerprint density at radius 2 is 1.68 bits per heavy atom. The molecule has 9 nitrogen and oxygen atoms in total. The van der Waals surface area contributed by atoms with Gasteiger partial charge in [-0.05, 0) is 19.9 Å². The van der Waals surface area contributed by atoms with Crippen LogP contribution in [0.2, 0.25) is 0 Å². The van der Waals surface area contributed by atoms with Gasteiger partial charge in [-0.1, -0.05) is 0 Å². The zero-order chi connectivity index (χ0) is 20.9. The minimum Gasteiger partial charge on any atom is -0.382 e. The predicted molar refractivity (Wildman–Crippen MR) is 110 cm³/mol. The number of piperazine rings is 1. The van der Waals surface area contributed by atoms with Crippen LogP contribution in [0.5, 0.6) is 0 Å². The van der Waals surface area contributed by atoms with E-state index in [1.807, 2.05) is 6.92 Å². The lowest BCUT2D eigenvalue weighted by atomic mass is 10.2. The van der Waals surface area contributed by atoms with E-state index in [0.29, 0.717) is 32.8 Å². The number of nitrogens with zero attached hydrogens (tertiary/aromatic N) is 2. The third kappa shape index (κ3) is 17.3. The smallest absolute Gasteiger partial charge is 0.219 e. The molecule has 1 fully saturated rings. The third-order valence-electron chi connectivity index (χ3n) is 4.34. The Morgan fingerprint density at radius 3 is 2.25 bits per heavy atom. The maximum Gasteiger partial charge on any atom is 0.219 e. The molecule has 0 aromatic heterocycles. The van der Waals surface area contributed by atoms with Crippen LogP contribution in [0.1, 0.15) is 19.8 Å². The molecule has 1 amide bonds. The molecule has 168 valence electrons. The van der Waals surface area contributed by atoms with Gasteiger partial charge in [-0.3, -0.25) is 15.0 Å². The van der Waals surface area contributed by atoms with Crippen LogP contribution in [0.4, 0.5) is 0 Å². The fourth-order valence-corrected chi connectivity index (χ4v) is 2.63. The number of nitrogens with one attached hydrogen (secondary N) is 2. The van der Waals surface area contributed by atoms with Crippen LogP contribution in [0.3, 0.4) is 0 Å². The van der Waals surface area contributed by atoms with Gasteiger partial charge in [0.25, 0.3) is 0 Å². The molecule has 0 unspecified atom stereocenters. The number of methoxy groups -OCH3 is 1. The van der Waals surface area contributed by atoms with Crippen molar-refractivity contribution in [3.63, 3.8) is 0 Å². The quantitative estimate of drug-likeness (QED) is 0.244. The first-order valence-electron chi connectivity index (χ1n) is 10.3. The molecule has 0 atom stereocenters. The SMILES string of the molecule is CCOCCN1CCN(CCCC(=O)NC)CC1.COCCOCCNCO. The molecule has 0 radical (unpaired) electrons. The van der Waals surface area contributed by atoms with E-state index in [0.717, 1.165) is 58.9 Å². The molecule has 0 spiro atoms. The van der Waals surface area contributed by atoms with Crippen molar-refractivity contribution in [3.05, 3.63) is 0 Å². The first-order chi connectivity index (χ1) is 13.7. The molecule has 3 N–H and O–H groups in total. The summed E-state index contributed by atoms with van der Waals surface area (Å²) in [6.45, 7) is 12.8. The number of hydrogen-bond donors (Lipinski definition) is 3. The van der Waals surface area contributed by atoms with Gasteiger partial charge in [-0.15, -0.1) is 0 Å². The highest BCUT2D eigenvalue weighted by molar-refractivity contribution is 5.75. The Balaban J connectivity index is 0.000000621. The molecule has 1 saturated heterocycles. The summed E-state index contributed by atoms with van der Waals surface area (Å²) in [5.41, 5.74) is 0. The monoisotopic (exact) mass is 406 g/mol. The number of ether oxygens (including phenoxy) is 3. The van der Waals surface area contributed by atoms with Crippen LogP contribution in [-0.4, -0.2) is 121 Å². The molecular formula is C19H42N4O5. The van der Waals surface area contributed by atoms with Crippen molar-refractivity contribution in [1.82, 2.24) is 20.4 Å². The van der Waals surface area contributed by atoms with Crippen LogP contribution in [0.15, 0.2) is 0 Å². The van der Waals surface area contributed by atoms with Crippen molar-refractivity contribution in [1.29, 1.82) is 0 Å². The molecule has 1 rings (SSSR count). The van der Waals surface area contributed by atoms with Gasteiger partial charge in [0.1, 0.15) is 0 Å². The molecule has 0 aromatic rings. The molecule has 9 heteroatoms. The molecule has 0 aromatic carbocycles. The topological polar surface area (TPSA) is 95.5 Å². The molecule has 1 aliphatic rings. The van der Waals surface area contributed by atoms with E-state index < -0.39 is 0 Å². The Hall–Kier alpha value is -0.810. The van der Waals surface area contributed by atoms with Crippen molar-refractivity contribution in [2.24, 2.45) is 0 Å². The second-order valence-corrected chi connectivity index (χ2v) is 6.42. The van der Waals surface area contributed by atoms with Gasteiger partial charge in [-0.25, -0.2) is 0 Å². The first-order valence-corrected chi connectivity index (χ1v) is 10.3. The van der Waals surface area contributed by atoms with E-state index in [1.165, 1.54) is 0 Å². The van der Waals surface area contributed by atoms with Crippen LogP contribution < -0.4 is 10.6 Å². The second kappa shape index (κ2) is 20.9. The minimum atomic E-state index is 0.00758. The molecule has 0 bridgehead atoms. The van der Waals surface area contributed by atoms with Crippen LogP contribution >= 0.6 is 0 Å². The van der Waals surface area contributed by atoms with Crippen molar-refractivity contribution < 1.29 is 24.1 Å². The zero-order valence-corrected chi connectivity index (χ0v) is 18.1. The van der Waals surface area contributed by atoms with E-state index in [1.54, 1.807) is 14.2 Å². The van der Waals surface area contributed by atoms with Crippen molar-refractivity contribution in [3.8, 4) is 0 Å². The average molecular weight is 407 g/mol. The Morgan fingerprint density at radius 1 is 1.00 bits per heavy atom. The van der Waals surface area contributed by atoms with E-state index in [4.69, 9.17) is 19.3 Å². The average Bonchev–Trinajstić information content (AvgIpc) is 2.72. The number of aliphatic hydroxyl groups is 1. The number of carbonyl (C=O) groups excluding carboxylic acids is 1. The van der Waals surface area contributed by atoms with E-state index in [-0.39, 0.29) is 12.6 Å². The number of rotatable bonds is 15. The molecule has 0 aliphatic carbocycles. The summed E-state index contributed by atoms with van der Waals surface area (Å²) in [7, 11) is 3.33. The van der Waals surface area contributed by atoms with Gasteiger partial charge in [0.15, 0.2) is 0 Å². The minimum absolute atomic E-state index is 0.00758. The predicted octanol–water partition coefficient (Wildman–Crippen LogP) is -0.644. The summed E-state index contributed by atoms with van der Waals surface area (Å²) in [5, 5.41) is 13.7. The standard InChI is InChI=1S/C13H27N3O2.C6H15NO3/c1-3-18-12-11-16-9-7-15(8-10-16)6-4-5-13(17)14-2;1-9-4-5-10-3-2-7-6-8/h3-12H2,1-2H3,(H,14,17);7-8H,2-6H2,1H3. The summed E-state index contributed by atoms with van der Waals surface area (Å²) < 4.78 is 15.2. The highest BCUT2D eigenvalue weighted by atomic mass is 16.5. The van der Waals surface area contributed by atoms with Gasteiger partial charge >= 0.3 is 0 Å². The lowest BCUT2D eigenvalue weighted by Gasteiger charge is -2.34. The van der Waals surface area contributed by atoms with Crippen LogP contribution in [-0.2, 0) is 19.0 Å². The zero-order valence-electron chi connectivity index (χ0n) is 18.1. The molecule has 0 saturated carbocycles. The Labute approximate surface area is 170 Å². The molecule has 1 heterocycles. The summed E-state index contributed by atoms with van der Waals surface area (Å²) in [5.74, 6) is 0.144. The highest BCUT2D eigenvalue weighted by Gasteiger charge is 2.16. The normalized spacial score (nSPS) is 15.1.